The quantitative estimate of drug-likeness (QED) is 0.420. The van der Waals surface area contributed by atoms with E-state index >= 15 is 0 Å². The van der Waals surface area contributed by atoms with E-state index in [9.17, 15) is 24.6 Å². The number of carboxylic acid groups (broad SMARTS) is 2. The molecule has 0 aliphatic carbocycles. The van der Waals surface area contributed by atoms with Crippen molar-refractivity contribution in [2.45, 2.75) is 31.5 Å². The van der Waals surface area contributed by atoms with Crippen molar-refractivity contribution in [1.29, 1.82) is 0 Å². The maximum absolute atomic E-state index is 12.8. The van der Waals surface area contributed by atoms with E-state index in [0.717, 1.165) is 23.1 Å². The summed E-state index contributed by atoms with van der Waals surface area (Å²) in [5.74, 6) is -1.70. The summed E-state index contributed by atoms with van der Waals surface area (Å²) in [6.45, 7) is 2.20. The Bertz CT molecular complexity index is 1570. The fraction of sp³-hybridized carbons (Fsp3) is 0.276. The average molecular weight is 498 g/mol. The van der Waals surface area contributed by atoms with Crippen molar-refractivity contribution < 1.29 is 19.8 Å². The lowest BCUT2D eigenvalue weighted by Gasteiger charge is -2.44. The van der Waals surface area contributed by atoms with Gasteiger partial charge in [0.1, 0.15) is 6.04 Å². The van der Waals surface area contributed by atoms with Crippen LogP contribution in [0.15, 0.2) is 77.7 Å². The van der Waals surface area contributed by atoms with Crippen molar-refractivity contribution in [2.24, 2.45) is 5.92 Å². The summed E-state index contributed by atoms with van der Waals surface area (Å²) in [7, 11) is 0. The lowest BCUT2D eigenvalue weighted by atomic mass is 9.82. The molecule has 3 unspecified atom stereocenters. The average Bonchev–Trinajstić information content (AvgIpc) is 3.22. The Kier molecular flexibility index (Phi) is 5.68. The minimum atomic E-state index is -1.02. The largest absolute Gasteiger partial charge is 0.480 e. The number of benzene rings is 2. The van der Waals surface area contributed by atoms with E-state index in [4.69, 9.17) is 0 Å². The molecule has 2 bridgehead atoms. The lowest BCUT2D eigenvalue weighted by Crippen LogP contribution is -2.49. The molecule has 1 saturated heterocycles. The molecule has 3 atom stereocenters. The van der Waals surface area contributed by atoms with Crippen LogP contribution in [-0.4, -0.2) is 49.3 Å². The Balaban J connectivity index is 1.43. The van der Waals surface area contributed by atoms with E-state index in [1.165, 1.54) is 6.07 Å². The van der Waals surface area contributed by atoms with E-state index in [0.29, 0.717) is 37.3 Å². The lowest BCUT2D eigenvalue weighted by molar-refractivity contribution is -0.144. The minimum Gasteiger partial charge on any atom is -0.480 e. The van der Waals surface area contributed by atoms with Gasteiger partial charge in [-0.25, -0.2) is 4.79 Å². The molecule has 4 aromatic rings. The normalized spacial score (nSPS) is 19.9. The van der Waals surface area contributed by atoms with Crippen LogP contribution in [-0.2, 0) is 17.9 Å². The fourth-order valence-electron chi connectivity index (χ4n) is 6.21. The summed E-state index contributed by atoms with van der Waals surface area (Å²) in [6, 6.07) is 19.1. The molecular weight excluding hydrogens is 470 g/mol. The SMILES string of the molecule is O=C(O)c1ccc2c(C(C(=O)O)N3CC4CC(C3)c3cccc(=O)n3C4)cn(Cc3ccccc3)c2c1. The minimum absolute atomic E-state index is 0.00588. The van der Waals surface area contributed by atoms with Gasteiger partial charge in [0, 0.05) is 66.5 Å². The van der Waals surface area contributed by atoms with Crippen LogP contribution in [0.2, 0.25) is 0 Å². The monoisotopic (exact) mass is 497 g/mol. The van der Waals surface area contributed by atoms with Crippen LogP contribution in [0.3, 0.4) is 0 Å². The molecule has 2 aliphatic rings. The third-order valence-corrected chi connectivity index (χ3v) is 7.76. The molecule has 37 heavy (non-hydrogen) atoms. The zero-order valence-electron chi connectivity index (χ0n) is 20.2. The molecular formula is C29H27N3O5. The van der Waals surface area contributed by atoms with E-state index < -0.39 is 18.0 Å². The predicted octanol–water partition coefficient (Wildman–Crippen LogP) is 3.79. The van der Waals surface area contributed by atoms with Gasteiger partial charge in [0.05, 0.1) is 5.56 Å². The molecule has 2 aromatic heterocycles. The number of carbonyl (C=O) groups is 2. The summed E-state index contributed by atoms with van der Waals surface area (Å²) >= 11 is 0. The van der Waals surface area contributed by atoms with Gasteiger partial charge in [-0.1, -0.05) is 42.5 Å². The number of rotatable bonds is 6. The number of aromatic carboxylic acids is 1. The van der Waals surface area contributed by atoms with Gasteiger partial charge < -0.3 is 19.3 Å². The highest BCUT2D eigenvalue weighted by molar-refractivity contribution is 5.96. The first kappa shape index (κ1) is 23.2. The highest BCUT2D eigenvalue weighted by Crippen LogP contribution is 2.40. The second-order valence-corrected chi connectivity index (χ2v) is 10.1. The number of likely N-dealkylation sites (tertiary alicyclic amines) is 1. The van der Waals surface area contributed by atoms with Crippen LogP contribution in [0.25, 0.3) is 10.9 Å². The zero-order chi connectivity index (χ0) is 25.7. The molecule has 6 rings (SSSR count). The number of fused-ring (bicyclic) bond motifs is 5. The summed E-state index contributed by atoms with van der Waals surface area (Å²) < 4.78 is 3.78. The van der Waals surface area contributed by atoms with Crippen LogP contribution in [0.4, 0.5) is 0 Å². The number of nitrogens with zero attached hydrogens (tertiary/aromatic N) is 3. The van der Waals surface area contributed by atoms with Crippen LogP contribution in [0, 0.1) is 5.92 Å². The Labute approximate surface area is 213 Å². The molecule has 2 aromatic carbocycles. The standard InChI is InChI=1S/C29H27N3O5/c33-26-8-4-7-24-21-11-19(15-32(24)26)14-31(16-21)27(29(36)37)23-17-30(13-18-5-2-1-3-6-18)25-12-20(28(34)35)9-10-22(23)25/h1-10,12,17,19,21,27H,11,13-16H2,(H,34,35)(H,36,37). The summed E-state index contributed by atoms with van der Waals surface area (Å²) in [5.41, 5.74) is 3.50. The van der Waals surface area contributed by atoms with Gasteiger partial charge in [0.25, 0.3) is 5.56 Å². The molecule has 0 amide bonds. The van der Waals surface area contributed by atoms with E-state index in [2.05, 4.69) is 0 Å². The van der Waals surface area contributed by atoms with E-state index in [1.54, 1.807) is 24.3 Å². The van der Waals surface area contributed by atoms with Gasteiger partial charge in [-0.15, -0.1) is 0 Å². The second-order valence-electron chi connectivity index (χ2n) is 10.1. The Hall–Kier alpha value is -4.17. The van der Waals surface area contributed by atoms with Crippen molar-refractivity contribution in [3.8, 4) is 0 Å². The summed E-state index contributed by atoms with van der Waals surface area (Å²) in [6.07, 6.45) is 2.80. The highest BCUT2D eigenvalue weighted by Gasteiger charge is 2.40. The number of hydrogen-bond acceptors (Lipinski definition) is 4. The zero-order valence-corrected chi connectivity index (χ0v) is 20.2. The van der Waals surface area contributed by atoms with Crippen LogP contribution in [0.5, 0.6) is 0 Å². The summed E-state index contributed by atoms with van der Waals surface area (Å²) in [4.78, 5) is 39.0. The van der Waals surface area contributed by atoms with Gasteiger partial charge in [-0.3, -0.25) is 14.5 Å². The molecule has 8 nitrogen and oxygen atoms in total. The van der Waals surface area contributed by atoms with Gasteiger partial charge in [-0.2, -0.15) is 0 Å². The van der Waals surface area contributed by atoms with Crippen molar-refractivity contribution in [3.05, 3.63) is 106 Å². The Morgan fingerprint density at radius 2 is 1.76 bits per heavy atom. The van der Waals surface area contributed by atoms with Gasteiger partial charge in [-0.05, 0) is 36.1 Å². The van der Waals surface area contributed by atoms with E-state index in [1.807, 2.05) is 56.6 Å². The smallest absolute Gasteiger partial charge is 0.335 e. The van der Waals surface area contributed by atoms with Gasteiger partial charge in [0.2, 0.25) is 0 Å². The molecule has 0 radical (unpaired) electrons. The highest BCUT2D eigenvalue weighted by atomic mass is 16.4. The van der Waals surface area contributed by atoms with Crippen molar-refractivity contribution >= 4 is 22.8 Å². The first-order valence-corrected chi connectivity index (χ1v) is 12.5. The Morgan fingerprint density at radius 3 is 2.51 bits per heavy atom. The molecule has 8 heteroatoms. The van der Waals surface area contributed by atoms with Crippen LogP contribution < -0.4 is 5.56 Å². The maximum atomic E-state index is 12.8. The summed E-state index contributed by atoms with van der Waals surface area (Å²) in [5, 5.41) is 20.8. The van der Waals surface area contributed by atoms with Gasteiger partial charge in [0.15, 0.2) is 0 Å². The molecule has 2 N–H and O–H groups in total. The maximum Gasteiger partial charge on any atom is 0.335 e. The van der Waals surface area contributed by atoms with Crippen LogP contribution in [0.1, 0.15) is 45.6 Å². The third kappa shape index (κ3) is 4.13. The Morgan fingerprint density at radius 1 is 0.946 bits per heavy atom. The van der Waals surface area contributed by atoms with Crippen molar-refractivity contribution in [1.82, 2.24) is 14.0 Å². The number of hydrogen-bond donors (Lipinski definition) is 2. The fourth-order valence-corrected chi connectivity index (χ4v) is 6.21. The van der Waals surface area contributed by atoms with Crippen molar-refractivity contribution in [3.63, 3.8) is 0 Å². The van der Waals surface area contributed by atoms with Crippen molar-refractivity contribution in [2.75, 3.05) is 13.1 Å². The number of aliphatic carboxylic acids is 1. The molecule has 4 heterocycles. The number of piperidine rings is 1. The predicted molar refractivity (Wildman–Crippen MR) is 138 cm³/mol. The van der Waals surface area contributed by atoms with E-state index in [-0.39, 0.29) is 23.0 Å². The van der Waals surface area contributed by atoms with Crippen LogP contribution >= 0.6 is 0 Å². The molecule has 188 valence electrons. The number of carboxylic acids is 2. The molecule has 1 fully saturated rings. The molecule has 2 aliphatic heterocycles. The first-order valence-electron chi connectivity index (χ1n) is 12.5. The molecule has 0 spiro atoms. The topological polar surface area (TPSA) is 105 Å². The van der Waals surface area contributed by atoms with Gasteiger partial charge >= 0.3 is 11.9 Å². The number of aromatic nitrogens is 2. The number of pyridine rings is 1. The second kappa shape index (κ2) is 9.05. The first-order chi connectivity index (χ1) is 17.9. The molecule has 0 saturated carbocycles. The third-order valence-electron chi connectivity index (χ3n) is 7.76.